The molecule has 7 heteroatoms. The molecule has 1 aromatic rings. The van der Waals surface area contributed by atoms with Gasteiger partial charge in [-0.3, -0.25) is 8.76 Å². The smallest absolute Gasteiger partial charge is 0.294 e. The third kappa shape index (κ3) is 2.88. The molecule has 1 aromatic carbocycles. The maximum atomic E-state index is 10.8. The topological polar surface area (TPSA) is 94.5 Å². The van der Waals surface area contributed by atoms with Gasteiger partial charge in [-0.15, -0.1) is 0 Å². The second kappa shape index (κ2) is 4.18. The molecule has 0 amide bonds. The van der Waals surface area contributed by atoms with Gasteiger partial charge < -0.3 is 4.55 Å². The van der Waals surface area contributed by atoms with Crippen LogP contribution in [0.2, 0.25) is 0 Å². The number of hydrogen-bond donors (Lipinski definition) is 1. The Labute approximate surface area is 83.8 Å². The molecule has 0 radical (unpaired) electrons. The lowest BCUT2D eigenvalue weighted by atomic mass is 10.2. The van der Waals surface area contributed by atoms with Crippen LogP contribution in [-0.2, 0) is 27.0 Å². The lowest BCUT2D eigenvalue weighted by Crippen LogP contribution is -2.04. The summed E-state index contributed by atoms with van der Waals surface area (Å²) in [5.41, 5.74) is 0.0586. The second-order valence-corrected chi connectivity index (χ2v) is 4.82. The van der Waals surface area contributed by atoms with Crippen LogP contribution in [0.15, 0.2) is 29.2 Å². The van der Waals surface area contributed by atoms with Gasteiger partial charge in [-0.05, 0) is 11.6 Å². The van der Waals surface area contributed by atoms with Gasteiger partial charge in [0.1, 0.15) is 0 Å². The first-order valence-corrected chi connectivity index (χ1v) is 6.21. The molecule has 0 saturated heterocycles. The zero-order chi connectivity index (χ0) is 10.8. The summed E-state index contributed by atoms with van der Waals surface area (Å²) in [6.45, 7) is 0. The standard InChI is InChI=1S/C7H8O5S2/c8-13(9)5-6-3-1-2-4-7(6)14(10,11)12/h1-4H,5H2,(H,8,9)(H,10,11,12)/p-1. The van der Waals surface area contributed by atoms with Crippen molar-refractivity contribution in [2.75, 3.05) is 0 Å². The fourth-order valence-corrected chi connectivity index (χ4v) is 2.32. The van der Waals surface area contributed by atoms with E-state index in [1.807, 2.05) is 0 Å². The summed E-state index contributed by atoms with van der Waals surface area (Å²) in [7, 11) is -4.35. The van der Waals surface area contributed by atoms with E-state index >= 15 is 0 Å². The Bertz CT molecular complexity index is 451. The number of benzene rings is 1. The maximum Gasteiger partial charge on any atom is 0.294 e. The highest BCUT2D eigenvalue weighted by Gasteiger charge is 2.13. The van der Waals surface area contributed by atoms with Crippen LogP contribution in [0.4, 0.5) is 0 Å². The summed E-state index contributed by atoms with van der Waals surface area (Å²) >= 11 is -2.39. The van der Waals surface area contributed by atoms with E-state index in [1.54, 1.807) is 0 Å². The highest BCUT2D eigenvalue weighted by atomic mass is 32.2. The molecule has 0 bridgehead atoms. The van der Waals surface area contributed by atoms with Gasteiger partial charge in [-0.2, -0.15) is 8.42 Å². The average molecular weight is 235 g/mol. The van der Waals surface area contributed by atoms with E-state index in [0.717, 1.165) is 6.07 Å². The summed E-state index contributed by atoms with van der Waals surface area (Å²) in [5, 5.41) is 0. The van der Waals surface area contributed by atoms with Crippen molar-refractivity contribution < 1.29 is 21.7 Å². The molecule has 0 fully saturated rings. The van der Waals surface area contributed by atoms with Crippen LogP contribution < -0.4 is 0 Å². The first-order chi connectivity index (χ1) is 6.41. The predicted molar refractivity (Wildman–Crippen MR) is 48.9 cm³/mol. The Kier molecular flexibility index (Phi) is 3.38. The highest BCUT2D eigenvalue weighted by Crippen LogP contribution is 2.15. The van der Waals surface area contributed by atoms with Crippen molar-refractivity contribution in [1.29, 1.82) is 0 Å². The van der Waals surface area contributed by atoms with Crippen molar-refractivity contribution in [3.05, 3.63) is 29.8 Å². The van der Waals surface area contributed by atoms with Crippen molar-refractivity contribution in [2.24, 2.45) is 0 Å². The Morgan fingerprint density at radius 3 is 2.43 bits per heavy atom. The van der Waals surface area contributed by atoms with Crippen LogP contribution in [0.5, 0.6) is 0 Å². The Morgan fingerprint density at radius 2 is 1.93 bits per heavy atom. The minimum atomic E-state index is -4.35. The van der Waals surface area contributed by atoms with E-state index in [9.17, 15) is 17.2 Å². The van der Waals surface area contributed by atoms with Gasteiger partial charge in [0.2, 0.25) is 0 Å². The molecule has 78 valence electrons. The van der Waals surface area contributed by atoms with Gasteiger partial charge in [0.15, 0.2) is 0 Å². The van der Waals surface area contributed by atoms with E-state index in [4.69, 9.17) is 4.55 Å². The summed E-state index contributed by atoms with van der Waals surface area (Å²) in [5.74, 6) is -0.435. The fourth-order valence-electron chi connectivity index (χ4n) is 1.00. The van der Waals surface area contributed by atoms with Gasteiger partial charge in [0, 0.05) is 5.75 Å². The van der Waals surface area contributed by atoms with Crippen molar-refractivity contribution >= 4 is 21.2 Å². The molecule has 0 spiro atoms. The maximum absolute atomic E-state index is 10.8. The van der Waals surface area contributed by atoms with E-state index in [2.05, 4.69) is 0 Å². The Morgan fingerprint density at radius 1 is 1.36 bits per heavy atom. The number of rotatable bonds is 3. The van der Waals surface area contributed by atoms with Crippen LogP contribution in [-0.4, -0.2) is 21.7 Å². The molecular weight excluding hydrogens is 228 g/mol. The van der Waals surface area contributed by atoms with Gasteiger partial charge in [0.05, 0.1) is 4.90 Å². The minimum absolute atomic E-state index is 0.0586. The first kappa shape index (κ1) is 11.3. The van der Waals surface area contributed by atoms with Gasteiger partial charge in [-0.1, -0.05) is 29.3 Å². The normalized spacial score (nSPS) is 13.9. The molecule has 0 heterocycles. The van der Waals surface area contributed by atoms with Crippen LogP contribution in [0, 0.1) is 0 Å². The lowest BCUT2D eigenvalue weighted by molar-refractivity contribution is 0.482. The molecule has 1 atom stereocenters. The van der Waals surface area contributed by atoms with Crippen molar-refractivity contribution in [3.63, 3.8) is 0 Å². The molecule has 5 nitrogen and oxygen atoms in total. The third-order valence-corrected chi connectivity index (χ3v) is 3.02. The SMILES string of the molecule is O=S([O-])Cc1ccccc1S(=O)(=O)O. The lowest BCUT2D eigenvalue weighted by Gasteiger charge is -2.08. The molecular formula is C7H7O5S2-. The summed E-state index contributed by atoms with van der Waals surface area (Å²) in [4.78, 5) is -0.371. The van der Waals surface area contributed by atoms with Crippen LogP contribution in [0.1, 0.15) is 5.56 Å². The summed E-state index contributed by atoms with van der Waals surface area (Å²) < 4.78 is 51.1. The first-order valence-electron chi connectivity index (χ1n) is 3.52. The second-order valence-electron chi connectivity index (χ2n) is 2.53. The van der Waals surface area contributed by atoms with E-state index in [1.165, 1.54) is 18.2 Å². The molecule has 0 aromatic heterocycles. The van der Waals surface area contributed by atoms with Gasteiger partial charge in [0.25, 0.3) is 10.1 Å². The molecule has 0 saturated carbocycles. The van der Waals surface area contributed by atoms with Crippen molar-refractivity contribution in [1.82, 2.24) is 0 Å². The van der Waals surface area contributed by atoms with Crippen molar-refractivity contribution in [3.8, 4) is 0 Å². The van der Waals surface area contributed by atoms with E-state index in [-0.39, 0.29) is 10.5 Å². The zero-order valence-corrected chi connectivity index (χ0v) is 8.55. The van der Waals surface area contributed by atoms with Gasteiger partial charge in [-0.25, -0.2) is 0 Å². The highest BCUT2D eigenvalue weighted by molar-refractivity contribution is 7.86. The predicted octanol–water partition coefficient (Wildman–Crippen LogP) is 0.312. The fraction of sp³-hybridized carbons (Fsp3) is 0.143. The molecule has 1 rings (SSSR count). The zero-order valence-electron chi connectivity index (χ0n) is 6.91. The largest absolute Gasteiger partial charge is 0.772 e. The molecule has 14 heavy (non-hydrogen) atoms. The monoisotopic (exact) mass is 235 g/mol. The quantitative estimate of drug-likeness (QED) is 0.601. The van der Waals surface area contributed by atoms with Crippen molar-refractivity contribution in [2.45, 2.75) is 10.6 Å². The van der Waals surface area contributed by atoms with E-state index < -0.39 is 27.0 Å². The number of hydrogen-bond acceptors (Lipinski definition) is 4. The molecule has 0 aliphatic rings. The van der Waals surface area contributed by atoms with Crippen LogP contribution >= 0.6 is 0 Å². The van der Waals surface area contributed by atoms with E-state index in [0.29, 0.717) is 0 Å². The van der Waals surface area contributed by atoms with Crippen LogP contribution in [0.25, 0.3) is 0 Å². The average Bonchev–Trinajstić information content (AvgIpc) is 2.01. The summed E-state index contributed by atoms with van der Waals surface area (Å²) in [6, 6.07) is 5.38. The van der Waals surface area contributed by atoms with Gasteiger partial charge >= 0.3 is 0 Å². The third-order valence-electron chi connectivity index (χ3n) is 1.52. The molecule has 0 aliphatic carbocycles. The molecule has 0 aliphatic heterocycles. The van der Waals surface area contributed by atoms with Crippen LogP contribution in [0.3, 0.4) is 0 Å². The molecule has 1 N–H and O–H groups in total. The minimum Gasteiger partial charge on any atom is -0.772 e. The Balaban J connectivity index is 3.23. The molecule has 1 unspecified atom stereocenters. The Hall–Kier alpha value is -0.760. The summed E-state index contributed by atoms with van der Waals surface area (Å²) in [6.07, 6.45) is 0.